The second-order valence-electron chi connectivity index (χ2n) is 3.72. The van der Waals surface area contributed by atoms with Gasteiger partial charge in [0.2, 0.25) is 12.2 Å². The van der Waals surface area contributed by atoms with Crippen molar-refractivity contribution in [2.45, 2.75) is 26.8 Å². The summed E-state index contributed by atoms with van der Waals surface area (Å²) in [6.45, 7) is 5.25. The molecule has 11 nitrogen and oxygen atoms in total. The molecule has 0 radical (unpaired) electrons. The second-order valence-corrected chi connectivity index (χ2v) is 5.56. The molecular weight excluding hydrogens is 339 g/mol. The summed E-state index contributed by atoms with van der Waals surface area (Å²) in [5.41, 5.74) is 4.91. The van der Waals surface area contributed by atoms with Crippen molar-refractivity contribution in [2.75, 3.05) is 13.7 Å². The monoisotopic (exact) mass is 360 g/mol. The van der Waals surface area contributed by atoms with Gasteiger partial charge in [-0.1, -0.05) is 0 Å². The van der Waals surface area contributed by atoms with Crippen LogP contribution in [-0.2, 0) is 18.3 Å². The van der Waals surface area contributed by atoms with Crippen molar-refractivity contribution in [1.29, 1.82) is 0 Å². The van der Waals surface area contributed by atoms with Crippen LogP contribution >= 0.6 is 20.0 Å². The first-order valence-electron chi connectivity index (χ1n) is 5.92. The number of hydrogen-bond acceptors (Lipinski definition) is 7. The quantitative estimate of drug-likeness (QED) is 0.147. The smallest absolute Gasteiger partial charge is 0.420 e. The molecule has 0 unspecified atom stereocenters. The summed E-state index contributed by atoms with van der Waals surface area (Å²) >= 11 is 0.412. The molecule has 0 aliphatic heterocycles. The number of nitrogens with two attached hydrogens (primary N) is 1. The summed E-state index contributed by atoms with van der Waals surface area (Å²) in [5.74, 6) is -1.11. The van der Waals surface area contributed by atoms with Crippen molar-refractivity contribution in [1.82, 2.24) is 10.4 Å². The molecule has 2 amide bonds. The summed E-state index contributed by atoms with van der Waals surface area (Å²) in [7, 11) is -2.58. The van der Waals surface area contributed by atoms with E-state index in [1.807, 2.05) is 5.09 Å². The molecule has 13 heteroatoms. The Kier molecular flexibility index (Phi) is 12.8. The molecule has 130 valence electrons. The largest absolute Gasteiger partial charge is 0.474 e. The fourth-order valence-electron chi connectivity index (χ4n) is 0.744. The Morgan fingerprint density at radius 2 is 1.95 bits per heavy atom. The van der Waals surface area contributed by atoms with Crippen molar-refractivity contribution in [3.8, 4) is 0 Å². The van der Waals surface area contributed by atoms with Crippen LogP contribution in [0.1, 0.15) is 20.8 Å². The van der Waals surface area contributed by atoms with E-state index in [9.17, 15) is 14.2 Å². The van der Waals surface area contributed by atoms with E-state index in [4.69, 9.17) is 20.3 Å². The molecule has 0 atom stereocenters. The van der Waals surface area contributed by atoms with Crippen LogP contribution in [0, 0.1) is 0 Å². The number of nitrogens with one attached hydrogen (secondary N) is 2. The van der Waals surface area contributed by atoms with Gasteiger partial charge in [0.05, 0.1) is 6.61 Å². The highest BCUT2D eigenvalue weighted by Gasteiger charge is 2.12. The fourth-order valence-corrected chi connectivity index (χ4v) is 1.81. The van der Waals surface area contributed by atoms with Gasteiger partial charge < -0.3 is 29.8 Å². The zero-order valence-electron chi connectivity index (χ0n) is 12.6. The van der Waals surface area contributed by atoms with E-state index >= 15 is 0 Å². The molecular formula is C9H21N4O7PS. The zero-order valence-corrected chi connectivity index (χ0v) is 14.3. The lowest BCUT2D eigenvalue weighted by molar-refractivity contribution is -0.113. The minimum absolute atomic E-state index is 0.171. The molecule has 0 heterocycles. The maximum Gasteiger partial charge on any atom is 0.420 e. The number of hydrogen-bond donors (Lipinski definition) is 5. The molecule has 6 N–H and O–H groups in total. The highest BCUT2D eigenvalue weighted by atomic mass is 32.2. The molecule has 0 aromatic heterocycles. The third-order valence-electron chi connectivity index (χ3n) is 1.36. The van der Waals surface area contributed by atoms with E-state index in [-0.39, 0.29) is 18.5 Å². The van der Waals surface area contributed by atoms with Gasteiger partial charge in [0.1, 0.15) is 0 Å². The third kappa shape index (κ3) is 16.7. The average Bonchev–Trinajstić information content (AvgIpc) is 2.34. The zero-order chi connectivity index (χ0) is 17.8. The molecule has 0 fully saturated rings. The van der Waals surface area contributed by atoms with E-state index in [0.29, 0.717) is 12.2 Å². The van der Waals surface area contributed by atoms with Gasteiger partial charge in [0, 0.05) is 13.1 Å². The SMILES string of the molecule is CC(C)NP(=O)(O)O.CCO/C(=N\SOC(=O)NC)C(N)=O. The predicted octanol–water partition coefficient (Wildman–Crippen LogP) is -0.0970. The van der Waals surface area contributed by atoms with Crippen molar-refractivity contribution in [2.24, 2.45) is 10.1 Å². The second kappa shape index (κ2) is 12.2. The van der Waals surface area contributed by atoms with Crippen LogP contribution in [0.4, 0.5) is 4.79 Å². The van der Waals surface area contributed by atoms with Crippen LogP contribution in [-0.4, -0.2) is 47.4 Å². The van der Waals surface area contributed by atoms with E-state index in [1.54, 1.807) is 20.8 Å². The number of amides is 2. The van der Waals surface area contributed by atoms with Gasteiger partial charge >= 0.3 is 19.7 Å². The van der Waals surface area contributed by atoms with Crippen LogP contribution in [0.5, 0.6) is 0 Å². The van der Waals surface area contributed by atoms with E-state index < -0.39 is 19.7 Å². The van der Waals surface area contributed by atoms with Gasteiger partial charge in [-0.3, -0.25) is 4.79 Å². The van der Waals surface area contributed by atoms with Gasteiger partial charge in [-0.2, -0.15) is 0 Å². The molecule has 0 aromatic carbocycles. The Labute approximate surface area is 132 Å². The lowest BCUT2D eigenvalue weighted by Crippen LogP contribution is -2.25. The van der Waals surface area contributed by atoms with Gasteiger partial charge in [-0.05, 0) is 20.8 Å². The number of carbonyl (C=O) groups excluding carboxylic acids is 2. The highest BCUT2D eigenvalue weighted by molar-refractivity contribution is 7.93. The van der Waals surface area contributed by atoms with E-state index in [0.717, 1.165) is 0 Å². The number of carbonyl (C=O) groups is 2. The molecule has 0 saturated heterocycles. The topological polar surface area (TPSA) is 173 Å². The van der Waals surface area contributed by atoms with E-state index in [2.05, 4.69) is 13.9 Å². The standard InChI is InChI=1S/C6H11N3O4S.C3H10NO3P/c1-3-12-5(4(7)10)9-14-13-6(11)8-2;1-3(2)4-8(5,6)7/h3H2,1-2H3,(H2,7,10)(H,8,11);3H,1-2H3,(H3,4,5,6,7)/b9-5-;. The van der Waals surface area contributed by atoms with Crippen molar-refractivity contribution in [3.05, 3.63) is 0 Å². The maximum absolute atomic E-state index is 10.6. The Hall–Kier alpha value is -1.33. The number of nitrogens with zero attached hydrogens (tertiary/aromatic N) is 1. The molecule has 0 bridgehead atoms. The van der Waals surface area contributed by atoms with Crippen molar-refractivity contribution < 1.29 is 32.9 Å². The molecule has 0 rings (SSSR count). The third-order valence-corrected chi connectivity index (χ3v) is 2.67. The lowest BCUT2D eigenvalue weighted by Gasteiger charge is -2.07. The molecule has 0 aliphatic carbocycles. The molecule has 0 aliphatic rings. The lowest BCUT2D eigenvalue weighted by atomic mass is 10.4. The summed E-state index contributed by atoms with van der Waals surface area (Å²) in [6.07, 6.45) is -0.681. The summed E-state index contributed by atoms with van der Waals surface area (Å²) in [5, 5.41) is 4.24. The van der Waals surface area contributed by atoms with Gasteiger partial charge in [-0.25, -0.2) is 14.4 Å². The van der Waals surface area contributed by atoms with Crippen LogP contribution in [0.2, 0.25) is 0 Å². The Balaban J connectivity index is 0. The van der Waals surface area contributed by atoms with Crippen LogP contribution in [0.3, 0.4) is 0 Å². The number of rotatable bonds is 5. The summed E-state index contributed by atoms with van der Waals surface area (Å²) in [6, 6.07) is -0.171. The first-order valence-corrected chi connectivity index (χ1v) is 8.23. The highest BCUT2D eigenvalue weighted by Crippen LogP contribution is 2.28. The molecule has 0 spiro atoms. The summed E-state index contributed by atoms with van der Waals surface area (Å²) in [4.78, 5) is 37.5. The Morgan fingerprint density at radius 3 is 2.23 bits per heavy atom. The van der Waals surface area contributed by atoms with Crippen LogP contribution in [0.15, 0.2) is 4.40 Å². The Bertz CT molecular complexity index is 426. The van der Waals surface area contributed by atoms with Gasteiger partial charge in [0.15, 0.2) is 0 Å². The number of ether oxygens (including phenoxy) is 1. The predicted molar refractivity (Wildman–Crippen MR) is 81.7 cm³/mol. The fraction of sp³-hybridized carbons (Fsp3) is 0.667. The molecule has 0 aromatic rings. The molecule has 22 heavy (non-hydrogen) atoms. The minimum atomic E-state index is -3.97. The van der Waals surface area contributed by atoms with Gasteiger partial charge in [0.25, 0.3) is 5.90 Å². The van der Waals surface area contributed by atoms with Crippen LogP contribution in [0.25, 0.3) is 0 Å². The average molecular weight is 360 g/mol. The Morgan fingerprint density at radius 1 is 1.41 bits per heavy atom. The van der Waals surface area contributed by atoms with Crippen molar-refractivity contribution in [3.63, 3.8) is 0 Å². The number of primary amides is 1. The minimum Gasteiger partial charge on any atom is -0.474 e. The summed E-state index contributed by atoms with van der Waals surface area (Å²) < 4.78 is 22.7. The normalized spacial score (nSPS) is 11.3. The van der Waals surface area contributed by atoms with Crippen molar-refractivity contribution >= 4 is 37.9 Å². The van der Waals surface area contributed by atoms with Crippen LogP contribution < -0.4 is 16.1 Å². The first-order chi connectivity index (χ1) is 10.0. The first kappa shape index (κ1) is 22.9. The van der Waals surface area contributed by atoms with Gasteiger partial charge in [-0.15, -0.1) is 4.40 Å². The van der Waals surface area contributed by atoms with E-state index in [1.165, 1.54) is 7.05 Å². The molecule has 0 saturated carbocycles. The maximum atomic E-state index is 10.6.